The van der Waals surface area contributed by atoms with Gasteiger partial charge in [-0.1, -0.05) is 17.4 Å². The molecule has 2 aromatic rings. The Balaban J connectivity index is 1.38. The molecule has 2 N–H and O–H groups in total. The average molecular weight is 498 g/mol. The van der Waals surface area contributed by atoms with Crippen LogP contribution in [-0.4, -0.2) is 31.5 Å². The zero-order valence-corrected chi connectivity index (χ0v) is 20.4. The van der Waals surface area contributed by atoms with Crippen LogP contribution in [0.3, 0.4) is 0 Å². The van der Waals surface area contributed by atoms with E-state index < -0.39 is 5.92 Å². The highest BCUT2D eigenvalue weighted by atomic mass is 32.1. The minimum atomic E-state index is -0.508. The summed E-state index contributed by atoms with van der Waals surface area (Å²) in [5, 5.41) is 12.8. The standard InChI is InChI=1S/C27H23N5O3S/c28-11-15-20(14-4-5-18-19(10-14)35-12-34-18)22-16(2-1-3-17(22)33)32-25(15)30-24(29)23-21-13-6-8-31(9-7-13)26(21)36-27(23)32/h4-5,10,13,20H,1-3,6-9,12H2,(H2,29,30)/t20-/m1/s1. The van der Waals surface area contributed by atoms with E-state index in [1.165, 1.54) is 10.6 Å². The summed E-state index contributed by atoms with van der Waals surface area (Å²) in [5.74, 6) is 2.42. The number of Topliss-reactive ketones (excluding diaryl/α,β-unsaturated/α-hetero) is 1. The summed E-state index contributed by atoms with van der Waals surface area (Å²) in [5.41, 5.74) is 11.9. The van der Waals surface area contributed by atoms with Gasteiger partial charge in [-0.15, -0.1) is 0 Å². The first-order chi connectivity index (χ1) is 17.6. The minimum Gasteiger partial charge on any atom is -0.454 e. The first-order valence-corrected chi connectivity index (χ1v) is 13.3. The number of nitrogens with two attached hydrogens (primary N) is 1. The van der Waals surface area contributed by atoms with Crippen molar-refractivity contribution in [1.82, 2.24) is 0 Å². The van der Waals surface area contributed by atoms with Crippen LogP contribution in [0.5, 0.6) is 11.5 Å². The molecular formula is C27H23N5O3S. The zero-order valence-electron chi connectivity index (χ0n) is 19.5. The third-order valence-corrected chi connectivity index (χ3v) is 9.61. The number of aliphatic imine (C=N–C) groups is 1. The van der Waals surface area contributed by atoms with E-state index in [9.17, 15) is 10.1 Å². The van der Waals surface area contributed by atoms with Crippen molar-refractivity contribution in [2.75, 3.05) is 29.7 Å². The maximum absolute atomic E-state index is 13.5. The molecule has 36 heavy (non-hydrogen) atoms. The Bertz CT molecular complexity index is 1520. The summed E-state index contributed by atoms with van der Waals surface area (Å²) in [6, 6.07) is 8.10. The van der Waals surface area contributed by atoms with Gasteiger partial charge in [0.05, 0.1) is 28.1 Å². The lowest BCUT2D eigenvalue weighted by Gasteiger charge is -2.41. The van der Waals surface area contributed by atoms with Crippen molar-refractivity contribution in [3.8, 4) is 17.6 Å². The molecule has 1 fully saturated rings. The second kappa shape index (κ2) is 7.14. The molecule has 0 radical (unpaired) electrons. The van der Waals surface area contributed by atoms with Gasteiger partial charge in [-0.25, -0.2) is 4.99 Å². The number of fused-ring (bicyclic) bond motifs is 7. The highest BCUT2D eigenvalue weighted by Gasteiger charge is 2.47. The second-order valence-electron chi connectivity index (χ2n) is 10.1. The summed E-state index contributed by atoms with van der Waals surface area (Å²) in [4.78, 5) is 23.0. The smallest absolute Gasteiger partial charge is 0.231 e. The van der Waals surface area contributed by atoms with Crippen LogP contribution in [0, 0.1) is 11.3 Å². The number of hydrogen-bond acceptors (Lipinski definition) is 9. The second-order valence-corrected chi connectivity index (χ2v) is 11.1. The fraction of sp³-hybridized carbons (Fsp3) is 0.370. The highest BCUT2D eigenvalue weighted by Crippen LogP contribution is 2.58. The number of piperidine rings is 1. The molecule has 8 nitrogen and oxygen atoms in total. The Morgan fingerprint density at radius 2 is 1.97 bits per heavy atom. The third-order valence-electron chi connectivity index (χ3n) is 8.36. The average Bonchev–Trinajstić information content (AvgIpc) is 3.54. The van der Waals surface area contributed by atoms with Crippen LogP contribution in [-0.2, 0) is 4.79 Å². The van der Waals surface area contributed by atoms with Gasteiger partial charge >= 0.3 is 0 Å². The number of carbonyl (C=O) groups is 1. The van der Waals surface area contributed by atoms with Crippen LogP contribution in [0.2, 0.25) is 0 Å². The van der Waals surface area contributed by atoms with Crippen molar-refractivity contribution >= 4 is 33.0 Å². The first-order valence-electron chi connectivity index (χ1n) is 12.5. The number of thiophene rings is 1. The quantitative estimate of drug-likeness (QED) is 0.628. The number of nitrogens with zero attached hydrogens (tertiary/aromatic N) is 4. The van der Waals surface area contributed by atoms with Gasteiger partial charge in [0.25, 0.3) is 0 Å². The molecule has 1 aliphatic carbocycles. The molecule has 9 rings (SSSR count). The molecule has 0 amide bonds. The van der Waals surface area contributed by atoms with Gasteiger partial charge in [0.2, 0.25) is 6.79 Å². The predicted molar refractivity (Wildman–Crippen MR) is 136 cm³/mol. The number of amidine groups is 1. The molecule has 7 heterocycles. The number of anilines is 2. The topological polar surface area (TPSA) is 104 Å². The van der Waals surface area contributed by atoms with Crippen LogP contribution in [0.1, 0.15) is 60.6 Å². The Kier molecular flexibility index (Phi) is 4.05. The lowest BCUT2D eigenvalue weighted by molar-refractivity contribution is -0.116. The molecular weight excluding hydrogens is 474 g/mol. The molecule has 1 saturated heterocycles. The fourth-order valence-corrected chi connectivity index (χ4v) is 8.26. The molecule has 180 valence electrons. The number of ketones is 1. The summed E-state index contributed by atoms with van der Waals surface area (Å²) in [6.45, 7) is 2.30. The van der Waals surface area contributed by atoms with E-state index in [2.05, 4.69) is 15.9 Å². The van der Waals surface area contributed by atoms with Crippen molar-refractivity contribution in [2.45, 2.75) is 43.9 Å². The largest absolute Gasteiger partial charge is 0.454 e. The number of nitriles is 1. The van der Waals surface area contributed by atoms with Gasteiger partial charge < -0.3 is 20.1 Å². The van der Waals surface area contributed by atoms with E-state index >= 15 is 0 Å². The number of allylic oxidation sites excluding steroid dienone is 3. The summed E-state index contributed by atoms with van der Waals surface area (Å²) in [6.07, 6.45) is 4.29. The van der Waals surface area contributed by atoms with Crippen molar-refractivity contribution in [3.05, 3.63) is 57.6 Å². The van der Waals surface area contributed by atoms with E-state index in [1.807, 2.05) is 18.2 Å². The zero-order chi connectivity index (χ0) is 24.1. The lowest BCUT2D eigenvalue weighted by atomic mass is 9.75. The molecule has 2 bridgehead atoms. The summed E-state index contributed by atoms with van der Waals surface area (Å²) < 4.78 is 11.1. The molecule has 1 aromatic heterocycles. The number of rotatable bonds is 1. The van der Waals surface area contributed by atoms with Crippen molar-refractivity contribution in [2.24, 2.45) is 10.7 Å². The third kappa shape index (κ3) is 2.52. The molecule has 0 unspecified atom stereocenters. The summed E-state index contributed by atoms with van der Waals surface area (Å²) >= 11 is 1.74. The van der Waals surface area contributed by atoms with E-state index in [1.54, 1.807) is 11.3 Å². The first kappa shape index (κ1) is 20.4. The fourth-order valence-electron chi connectivity index (χ4n) is 6.78. The number of benzene rings is 1. The van der Waals surface area contributed by atoms with E-state index in [0.717, 1.165) is 60.6 Å². The maximum Gasteiger partial charge on any atom is 0.231 e. The highest BCUT2D eigenvalue weighted by molar-refractivity contribution is 7.21. The van der Waals surface area contributed by atoms with Gasteiger partial charge in [0.15, 0.2) is 23.1 Å². The molecule has 9 heteroatoms. The normalized spacial score (nSPS) is 23.8. The number of ether oxygens (including phenoxy) is 2. The van der Waals surface area contributed by atoms with Gasteiger partial charge in [0.1, 0.15) is 10.8 Å². The van der Waals surface area contributed by atoms with Crippen LogP contribution in [0.15, 0.2) is 45.9 Å². The Morgan fingerprint density at radius 1 is 1.14 bits per heavy atom. The molecule has 0 saturated carbocycles. The molecule has 0 spiro atoms. The monoisotopic (exact) mass is 497 g/mol. The van der Waals surface area contributed by atoms with Crippen LogP contribution in [0.4, 0.5) is 10.0 Å². The van der Waals surface area contributed by atoms with E-state index in [-0.39, 0.29) is 12.6 Å². The Hall–Kier alpha value is -3.77. The number of carbonyl (C=O) groups excluding carboxylic acids is 1. The molecule has 1 aromatic carbocycles. The van der Waals surface area contributed by atoms with Crippen molar-refractivity contribution < 1.29 is 14.3 Å². The van der Waals surface area contributed by atoms with Gasteiger partial charge in [-0.3, -0.25) is 9.69 Å². The van der Waals surface area contributed by atoms with Crippen molar-refractivity contribution in [3.63, 3.8) is 0 Å². The van der Waals surface area contributed by atoms with E-state index in [0.29, 0.717) is 46.6 Å². The Labute approximate surface area is 211 Å². The van der Waals surface area contributed by atoms with Crippen LogP contribution >= 0.6 is 11.3 Å². The van der Waals surface area contributed by atoms with Crippen LogP contribution < -0.4 is 25.0 Å². The van der Waals surface area contributed by atoms with Gasteiger partial charge in [0, 0.05) is 36.3 Å². The maximum atomic E-state index is 13.5. The van der Waals surface area contributed by atoms with Crippen LogP contribution in [0.25, 0.3) is 0 Å². The predicted octanol–water partition coefficient (Wildman–Crippen LogP) is 4.24. The molecule has 1 atom stereocenters. The SMILES string of the molecule is N#CC1=C2N=C(N)c3c(sc4c3C3CCN4CC3)N2C2=C(C(=O)CCC2)[C@@H]1c1ccc2c(c1)OCO2. The number of hydrogen-bond donors (Lipinski definition) is 1. The lowest BCUT2D eigenvalue weighted by Crippen LogP contribution is -2.40. The van der Waals surface area contributed by atoms with Gasteiger partial charge in [-0.2, -0.15) is 5.26 Å². The minimum absolute atomic E-state index is 0.0972. The molecule has 7 aliphatic rings. The molecule has 6 aliphatic heterocycles. The summed E-state index contributed by atoms with van der Waals surface area (Å²) in [7, 11) is 0. The Morgan fingerprint density at radius 3 is 2.81 bits per heavy atom. The van der Waals surface area contributed by atoms with E-state index in [4.69, 9.17) is 20.2 Å². The van der Waals surface area contributed by atoms with Crippen molar-refractivity contribution in [1.29, 1.82) is 5.26 Å². The van der Waals surface area contributed by atoms with Gasteiger partial charge in [-0.05, 0) is 49.3 Å².